The lowest BCUT2D eigenvalue weighted by molar-refractivity contribution is 0.0948. The molecule has 3 rings (SSSR count). The summed E-state index contributed by atoms with van der Waals surface area (Å²) in [5.41, 5.74) is -0.241. The topological polar surface area (TPSA) is 93.3 Å². The van der Waals surface area contributed by atoms with Gasteiger partial charge in [0.15, 0.2) is 0 Å². The highest BCUT2D eigenvalue weighted by Crippen LogP contribution is 2.07. The third-order valence-corrected chi connectivity index (χ3v) is 4.67. The summed E-state index contributed by atoms with van der Waals surface area (Å²) in [6.45, 7) is 2.80. The first-order valence-corrected chi connectivity index (χ1v) is 10.0. The molecule has 3 aromatic rings. The Kier molecular flexibility index (Phi) is 7.37. The average Bonchev–Trinajstić information content (AvgIpc) is 3.27. The Labute approximate surface area is 178 Å². The van der Waals surface area contributed by atoms with Crippen LogP contribution in [0.25, 0.3) is 0 Å². The second-order valence-electron chi connectivity index (χ2n) is 7.08. The van der Waals surface area contributed by atoms with Crippen molar-refractivity contribution < 1.29 is 18.4 Å². The minimum Gasteiger partial charge on any atom is -0.467 e. The molecule has 0 fully saturated rings. The summed E-state index contributed by atoms with van der Waals surface area (Å²) >= 11 is 0. The lowest BCUT2D eigenvalue weighted by Crippen LogP contribution is -2.35. The monoisotopic (exact) mass is 425 g/mol. The number of furan rings is 1. The van der Waals surface area contributed by atoms with Crippen molar-refractivity contribution in [3.8, 4) is 0 Å². The van der Waals surface area contributed by atoms with Gasteiger partial charge in [-0.3, -0.25) is 14.4 Å². The number of pyridine rings is 1. The molecule has 0 bridgehead atoms. The number of amides is 2. The van der Waals surface area contributed by atoms with Crippen LogP contribution in [-0.2, 0) is 13.1 Å². The van der Waals surface area contributed by atoms with Gasteiger partial charge in [0, 0.05) is 25.5 Å². The summed E-state index contributed by atoms with van der Waals surface area (Å²) in [6.07, 6.45) is 6.02. The fraction of sp³-hybridized carbons (Fsp3) is 0.261. The molecule has 0 aliphatic heterocycles. The quantitative estimate of drug-likeness (QED) is 0.515. The Balaban J connectivity index is 1.86. The number of hydrogen-bond donors (Lipinski definition) is 2. The molecule has 1 aromatic carbocycles. The molecule has 0 unspecified atom stereocenters. The maximum absolute atomic E-state index is 13.1. The standard InChI is InChI=1S/C23H24FN3O4/c1-2-3-10-25-22(29)19-14-27(13-18-5-4-11-31-18)15-20(21(19)28)23(30)26-12-16-6-8-17(24)9-7-16/h4-9,11,14-15H,2-3,10,12-13H2,1H3,(H,25,29)(H,26,30). The molecule has 2 N–H and O–H groups in total. The van der Waals surface area contributed by atoms with Gasteiger partial charge in [0.2, 0.25) is 5.43 Å². The minimum atomic E-state index is -0.652. The van der Waals surface area contributed by atoms with Crippen LogP contribution in [0.4, 0.5) is 4.39 Å². The molecule has 0 atom stereocenters. The highest BCUT2D eigenvalue weighted by atomic mass is 19.1. The van der Waals surface area contributed by atoms with E-state index in [9.17, 15) is 18.8 Å². The first-order valence-electron chi connectivity index (χ1n) is 10.0. The van der Waals surface area contributed by atoms with Gasteiger partial charge in [0.1, 0.15) is 22.7 Å². The molecule has 8 heteroatoms. The molecule has 162 valence electrons. The van der Waals surface area contributed by atoms with E-state index in [1.807, 2.05) is 6.92 Å². The van der Waals surface area contributed by atoms with Crippen molar-refractivity contribution in [2.75, 3.05) is 6.54 Å². The normalized spacial score (nSPS) is 10.6. The van der Waals surface area contributed by atoms with Gasteiger partial charge >= 0.3 is 0 Å². The molecule has 0 aliphatic carbocycles. The van der Waals surface area contributed by atoms with E-state index in [1.165, 1.54) is 30.8 Å². The summed E-state index contributed by atoms with van der Waals surface area (Å²) < 4.78 is 20.0. The Bertz CT molecular complexity index is 1090. The van der Waals surface area contributed by atoms with Crippen LogP contribution in [0.5, 0.6) is 0 Å². The van der Waals surface area contributed by atoms with Gasteiger partial charge in [0.25, 0.3) is 11.8 Å². The van der Waals surface area contributed by atoms with E-state index in [0.717, 1.165) is 12.8 Å². The maximum atomic E-state index is 13.1. The number of carbonyl (C=O) groups excluding carboxylic acids is 2. The third kappa shape index (κ3) is 5.91. The van der Waals surface area contributed by atoms with Gasteiger partial charge in [-0.25, -0.2) is 4.39 Å². The fourth-order valence-electron chi connectivity index (χ4n) is 2.98. The molecule has 0 spiro atoms. The second kappa shape index (κ2) is 10.4. The zero-order valence-electron chi connectivity index (χ0n) is 17.2. The van der Waals surface area contributed by atoms with Crippen molar-refractivity contribution in [2.45, 2.75) is 32.9 Å². The Morgan fingerprint density at radius 1 is 1.03 bits per heavy atom. The smallest absolute Gasteiger partial charge is 0.257 e. The number of halogens is 1. The van der Waals surface area contributed by atoms with E-state index < -0.39 is 17.2 Å². The third-order valence-electron chi connectivity index (χ3n) is 4.67. The van der Waals surface area contributed by atoms with Crippen LogP contribution in [-0.4, -0.2) is 22.9 Å². The van der Waals surface area contributed by atoms with E-state index in [1.54, 1.807) is 28.8 Å². The van der Waals surface area contributed by atoms with E-state index in [-0.39, 0.29) is 30.0 Å². The van der Waals surface area contributed by atoms with Gasteiger partial charge in [0.05, 0.1) is 12.8 Å². The fourth-order valence-corrected chi connectivity index (χ4v) is 2.98. The summed E-state index contributed by atoms with van der Waals surface area (Å²) in [6, 6.07) is 9.16. The highest BCUT2D eigenvalue weighted by molar-refractivity contribution is 5.99. The van der Waals surface area contributed by atoms with E-state index in [0.29, 0.717) is 17.9 Å². The van der Waals surface area contributed by atoms with Crippen LogP contribution in [0.15, 0.2) is 64.3 Å². The number of rotatable bonds is 9. The molecule has 0 saturated heterocycles. The van der Waals surface area contributed by atoms with Crippen LogP contribution in [0, 0.1) is 5.82 Å². The number of benzene rings is 1. The molecule has 0 radical (unpaired) electrons. The van der Waals surface area contributed by atoms with Gasteiger partial charge in [-0.05, 0) is 36.2 Å². The van der Waals surface area contributed by atoms with E-state index in [2.05, 4.69) is 10.6 Å². The van der Waals surface area contributed by atoms with Crippen molar-refractivity contribution in [3.05, 3.63) is 93.5 Å². The second-order valence-corrected chi connectivity index (χ2v) is 7.08. The van der Waals surface area contributed by atoms with Crippen LogP contribution in [0.2, 0.25) is 0 Å². The number of unbranched alkanes of at least 4 members (excludes halogenated alkanes) is 1. The predicted molar refractivity (Wildman–Crippen MR) is 113 cm³/mol. The summed E-state index contributed by atoms with van der Waals surface area (Å²) in [7, 11) is 0. The molecule has 2 amide bonds. The highest BCUT2D eigenvalue weighted by Gasteiger charge is 2.19. The Morgan fingerprint density at radius 2 is 1.71 bits per heavy atom. The molecule has 0 aliphatic rings. The van der Waals surface area contributed by atoms with Gasteiger partial charge in [-0.15, -0.1) is 0 Å². The molecule has 2 heterocycles. The number of aromatic nitrogens is 1. The Morgan fingerprint density at radius 3 is 2.32 bits per heavy atom. The number of hydrogen-bond acceptors (Lipinski definition) is 4. The van der Waals surface area contributed by atoms with Crippen molar-refractivity contribution in [3.63, 3.8) is 0 Å². The van der Waals surface area contributed by atoms with Crippen LogP contribution < -0.4 is 16.1 Å². The maximum Gasteiger partial charge on any atom is 0.257 e. The average molecular weight is 425 g/mol. The lowest BCUT2D eigenvalue weighted by Gasteiger charge is -2.12. The van der Waals surface area contributed by atoms with Crippen LogP contribution in [0.3, 0.4) is 0 Å². The summed E-state index contributed by atoms with van der Waals surface area (Å²) in [4.78, 5) is 38.2. The molecule has 7 nitrogen and oxygen atoms in total. The first kappa shape index (κ1) is 22.0. The van der Waals surface area contributed by atoms with Crippen LogP contribution >= 0.6 is 0 Å². The van der Waals surface area contributed by atoms with Crippen molar-refractivity contribution in [1.29, 1.82) is 0 Å². The number of nitrogens with one attached hydrogen (secondary N) is 2. The summed E-state index contributed by atoms with van der Waals surface area (Å²) in [5.74, 6) is -0.915. The molecule has 31 heavy (non-hydrogen) atoms. The molecule has 2 aromatic heterocycles. The van der Waals surface area contributed by atoms with Gasteiger partial charge < -0.3 is 19.6 Å². The Hall–Kier alpha value is -3.68. The van der Waals surface area contributed by atoms with Crippen molar-refractivity contribution in [2.24, 2.45) is 0 Å². The zero-order valence-corrected chi connectivity index (χ0v) is 17.2. The largest absolute Gasteiger partial charge is 0.467 e. The number of nitrogens with zero attached hydrogens (tertiary/aromatic N) is 1. The van der Waals surface area contributed by atoms with E-state index >= 15 is 0 Å². The van der Waals surface area contributed by atoms with Crippen LogP contribution in [0.1, 0.15) is 51.8 Å². The van der Waals surface area contributed by atoms with E-state index in [4.69, 9.17) is 4.42 Å². The van der Waals surface area contributed by atoms with Crippen molar-refractivity contribution in [1.82, 2.24) is 15.2 Å². The molecule has 0 saturated carbocycles. The SMILES string of the molecule is CCCCNC(=O)c1cn(Cc2ccco2)cc(C(=O)NCc2ccc(F)cc2)c1=O. The predicted octanol–water partition coefficient (Wildman–Crippen LogP) is 3.09. The first-order chi connectivity index (χ1) is 15.0. The van der Waals surface area contributed by atoms with Crippen molar-refractivity contribution >= 4 is 11.8 Å². The lowest BCUT2D eigenvalue weighted by atomic mass is 10.1. The number of carbonyl (C=O) groups is 2. The van der Waals surface area contributed by atoms with Gasteiger partial charge in [-0.1, -0.05) is 25.5 Å². The van der Waals surface area contributed by atoms with Gasteiger partial charge in [-0.2, -0.15) is 0 Å². The molecular formula is C23H24FN3O4. The molecular weight excluding hydrogens is 401 g/mol. The minimum absolute atomic E-state index is 0.114. The zero-order chi connectivity index (χ0) is 22.2. The summed E-state index contributed by atoms with van der Waals surface area (Å²) in [5, 5.41) is 5.36.